The fraction of sp³-hybridized carbons (Fsp3) is 0.571. The highest BCUT2D eigenvalue weighted by molar-refractivity contribution is 7.83. The summed E-state index contributed by atoms with van der Waals surface area (Å²) in [6, 6.07) is 0. The third-order valence-electron chi connectivity index (χ3n) is 1.81. The lowest BCUT2D eigenvalue weighted by Crippen LogP contribution is -1.98. The maximum Gasteiger partial charge on any atom is 0.181 e. The molecular formula is C7H12N2S3. The van der Waals surface area contributed by atoms with E-state index in [0.717, 1.165) is 27.9 Å². The Morgan fingerprint density at radius 2 is 1.42 bits per heavy atom. The van der Waals surface area contributed by atoms with Gasteiger partial charge in [-0.05, 0) is 26.1 Å². The van der Waals surface area contributed by atoms with Gasteiger partial charge in [0, 0.05) is 13.1 Å². The fourth-order valence-electron chi connectivity index (χ4n) is 1.14. The number of nitrogens with zero attached hydrogens (tertiary/aromatic N) is 2. The van der Waals surface area contributed by atoms with Crippen molar-refractivity contribution in [1.29, 1.82) is 0 Å². The first kappa shape index (κ1) is 10.2. The zero-order chi connectivity index (χ0) is 9.30. The lowest BCUT2D eigenvalue weighted by Gasteiger charge is -1.97. The molecule has 0 spiro atoms. The van der Waals surface area contributed by atoms with Gasteiger partial charge >= 0.3 is 0 Å². The molecular weight excluding hydrogens is 208 g/mol. The number of rotatable bonds is 2. The zero-order valence-electron chi connectivity index (χ0n) is 7.11. The molecule has 0 saturated carbocycles. The minimum Gasteiger partial charge on any atom is -0.311 e. The van der Waals surface area contributed by atoms with Gasteiger partial charge in [0.15, 0.2) is 4.77 Å². The van der Waals surface area contributed by atoms with Crippen molar-refractivity contribution in [2.24, 2.45) is 0 Å². The molecule has 0 aromatic carbocycles. The molecule has 1 aromatic rings. The van der Waals surface area contributed by atoms with Gasteiger partial charge in [-0.15, -0.1) is 25.3 Å². The summed E-state index contributed by atoms with van der Waals surface area (Å²) in [6.07, 6.45) is 0. The molecule has 0 aliphatic carbocycles. The van der Waals surface area contributed by atoms with Crippen molar-refractivity contribution in [2.75, 3.05) is 0 Å². The Labute approximate surface area is 88.4 Å². The second kappa shape index (κ2) is 3.89. The molecule has 68 valence electrons. The molecule has 12 heavy (non-hydrogen) atoms. The van der Waals surface area contributed by atoms with Crippen molar-refractivity contribution in [3.05, 3.63) is 4.77 Å². The van der Waals surface area contributed by atoms with Crippen molar-refractivity contribution in [1.82, 2.24) is 9.13 Å². The van der Waals surface area contributed by atoms with Gasteiger partial charge in [0.25, 0.3) is 0 Å². The van der Waals surface area contributed by atoms with Gasteiger partial charge in [-0.1, -0.05) is 0 Å². The topological polar surface area (TPSA) is 9.86 Å². The Hall–Kier alpha value is 0.130. The van der Waals surface area contributed by atoms with Gasteiger partial charge in [-0.25, -0.2) is 0 Å². The summed E-state index contributed by atoms with van der Waals surface area (Å²) in [5.74, 6) is 0. The van der Waals surface area contributed by atoms with Crippen LogP contribution in [0.2, 0.25) is 0 Å². The quantitative estimate of drug-likeness (QED) is 0.576. The van der Waals surface area contributed by atoms with Gasteiger partial charge in [0.1, 0.15) is 10.1 Å². The van der Waals surface area contributed by atoms with E-state index in [-0.39, 0.29) is 0 Å². The molecule has 2 nitrogen and oxygen atoms in total. The van der Waals surface area contributed by atoms with Crippen molar-refractivity contribution in [3.8, 4) is 0 Å². The van der Waals surface area contributed by atoms with Gasteiger partial charge in [0.05, 0.1) is 0 Å². The van der Waals surface area contributed by atoms with Crippen LogP contribution in [0.25, 0.3) is 0 Å². The SMILES string of the molecule is CCn1c(S)c(S)n(CC)c1=S. The Balaban J connectivity index is 3.43. The molecule has 0 unspecified atom stereocenters. The molecule has 0 aliphatic rings. The van der Waals surface area contributed by atoms with Gasteiger partial charge in [0.2, 0.25) is 0 Å². The normalized spacial score (nSPS) is 10.7. The maximum atomic E-state index is 5.23. The molecule has 0 bridgehead atoms. The minimum atomic E-state index is 0.801. The van der Waals surface area contributed by atoms with Gasteiger partial charge < -0.3 is 9.13 Å². The standard InChI is InChI=1S/C7H12N2S3/c1-3-8-5(10)6(11)9(4-2)7(8)12/h10-11H,3-4H2,1-2H3. The first-order valence-electron chi connectivity index (χ1n) is 3.84. The third kappa shape index (κ3) is 1.45. The van der Waals surface area contributed by atoms with E-state index in [1.165, 1.54) is 0 Å². The summed E-state index contributed by atoms with van der Waals surface area (Å²) in [7, 11) is 0. The maximum absolute atomic E-state index is 5.23. The Bertz CT molecular complexity index is 307. The van der Waals surface area contributed by atoms with Crippen molar-refractivity contribution >= 4 is 37.5 Å². The van der Waals surface area contributed by atoms with Crippen LogP contribution in [0.5, 0.6) is 0 Å². The number of hydrogen-bond donors (Lipinski definition) is 2. The van der Waals surface area contributed by atoms with E-state index in [1.54, 1.807) is 0 Å². The molecule has 1 heterocycles. The molecule has 0 saturated heterocycles. The van der Waals surface area contributed by atoms with Crippen molar-refractivity contribution in [2.45, 2.75) is 37.0 Å². The van der Waals surface area contributed by atoms with Crippen LogP contribution in [0.4, 0.5) is 0 Å². The van der Waals surface area contributed by atoms with Gasteiger partial charge in [-0.2, -0.15) is 0 Å². The number of aromatic nitrogens is 2. The molecule has 0 amide bonds. The van der Waals surface area contributed by atoms with E-state index in [2.05, 4.69) is 25.3 Å². The second-order valence-electron chi connectivity index (χ2n) is 2.42. The first-order valence-corrected chi connectivity index (χ1v) is 5.15. The lowest BCUT2D eigenvalue weighted by atomic mass is 10.7. The van der Waals surface area contributed by atoms with E-state index in [1.807, 2.05) is 23.0 Å². The predicted molar refractivity (Wildman–Crippen MR) is 59.1 cm³/mol. The average Bonchev–Trinajstić information content (AvgIpc) is 2.25. The van der Waals surface area contributed by atoms with Crippen LogP contribution in [0, 0.1) is 4.77 Å². The second-order valence-corrected chi connectivity index (χ2v) is 3.63. The zero-order valence-corrected chi connectivity index (χ0v) is 9.72. The Morgan fingerprint density at radius 3 is 1.58 bits per heavy atom. The fourth-order valence-corrected chi connectivity index (χ4v) is 2.43. The van der Waals surface area contributed by atoms with Crippen LogP contribution in [0.1, 0.15) is 13.8 Å². The van der Waals surface area contributed by atoms with Crippen LogP contribution in [0.3, 0.4) is 0 Å². The molecule has 0 N–H and O–H groups in total. The lowest BCUT2D eigenvalue weighted by molar-refractivity contribution is 0.654. The van der Waals surface area contributed by atoms with E-state index in [4.69, 9.17) is 12.2 Å². The third-order valence-corrected chi connectivity index (χ3v) is 3.33. The molecule has 0 atom stereocenters. The molecule has 5 heteroatoms. The summed E-state index contributed by atoms with van der Waals surface area (Å²) in [5, 5.41) is 1.71. The van der Waals surface area contributed by atoms with E-state index >= 15 is 0 Å². The molecule has 0 fully saturated rings. The number of imidazole rings is 1. The molecule has 0 aliphatic heterocycles. The highest BCUT2D eigenvalue weighted by Gasteiger charge is 2.08. The highest BCUT2D eigenvalue weighted by atomic mass is 32.1. The van der Waals surface area contributed by atoms with Gasteiger partial charge in [-0.3, -0.25) is 0 Å². The highest BCUT2D eigenvalue weighted by Crippen LogP contribution is 2.21. The van der Waals surface area contributed by atoms with Crippen molar-refractivity contribution in [3.63, 3.8) is 0 Å². The number of thiol groups is 2. The smallest absolute Gasteiger partial charge is 0.181 e. The van der Waals surface area contributed by atoms with E-state index < -0.39 is 0 Å². The predicted octanol–water partition coefficient (Wildman–Crippen LogP) is 2.64. The van der Waals surface area contributed by atoms with Crippen LogP contribution in [-0.4, -0.2) is 9.13 Å². The molecule has 1 rings (SSSR count). The Kier molecular flexibility index (Phi) is 3.31. The largest absolute Gasteiger partial charge is 0.311 e. The van der Waals surface area contributed by atoms with Crippen LogP contribution >= 0.6 is 37.5 Å². The van der Waals surface area contributed by atoms with E-state index in [0.29, 0.717) is 0 Å². The van der Waals surface area contributed by atoms with E-state index in [9.17, 15) is 0 Å². The van der Waals surface area contributed by atoms with Crippen LogP contribution < -0.4 is 0 Å². The monoisotopic (exact) mass is 220 g/mol. The summed E-state index contributed by atoms with van der Waals surface area (Å²) in [4.78, 5) is 0. The summed E-state index contributed by atoms with van der Waals surface area (Å²) >= 11 is 13.9. The minimum absolute atomic E-state index is 0.801. The number of hydrogen-bond acceptors (Lipinski definition) is 3. The summed E-state index contributed by atoms with van der Waals surface area (Å²) in [5.41, 5.74) is 0. The molecule has 0 radical (unpaired) electrons. The average molecular weight is 220 g/mol. The summed E-state index contributed by atoms with van der Waals surface area (Å²) in [6.45, 7) is 5.78. The van der Waals surface area contributed by atoms with Crippen LogP contribution in [0.15, 0.2) is 10.1 Å². The first-order chi connectivity index (χ1) is 5.63. The molecule has 1 aromatic heterocycles. The summed E-state index contributed by atoms with van der Waals surface area (Å²) < 4.78 is 4.73. The Morgan fingerprint density at radius 1 is 1.08 bits per heavy atom. The van der Waals surface area contributed by atoms with Crippen molar-refractivity contribution < 1.29 is 0 Å². The van der Waals surface area contributed by atoms with Crippen LogP contribution in [-0.2, 0) is 13.1 Å².